The van der Waals surface area contributed by atoms with Gasteiger partial charge in [-0.15, -0.1) is 0 Å². The number of halogens is 1. The molecule has 2 atom stereocenters. The van der Waals surface area contributed by atoms with Crippen molar-refractivity contribution in [1.29, 1.82) is 5.26 Å². The summed E-state index contributed by atoms with van der Waals surface area (Å²) in [6.07, 6.45) is 2.16. The molecule has 0 bridgehead atoms. The molecule has 1 fully saturated rings. The van der Waals surface area contributed by atoms with Crippen molar-refractivity contribution < 1.29 is 9.50 Å². The normalized spacial score (nSPS) is 24.1. The van der Waals surface area contributed by atoms with Crippen molar-refractivity contribution in [2.75, 3.05) is 5.32 Å². The van der Waals surface area contributed by atoms with Crippen LogP contribution in [0.5, 0.6) is 0 Å². The highest BCUT2D eigenvalue weighted by atomic mass is 19.1. The minimum atomic E-state index is -0.446. The molecule has 0 saturated heterocycles. The first-order chi connectivity index (χ1) is 7.70. The Morgan fingerprint density at radius 3 is 2.81 bits per heavy atom. The summed E-state index contributed by atoms with van der Waals surface area (Å²) >= 11 is 0. The van der Waals surface area contributed by atoms with Crippen molar-refractivity contribution in [3.63, 3.8) is 0 Å². The Kier molecular flexibility index (Phi) is 3.07. The van der Waals surface area contributed by atoms with E-state index in [4.69, 9.17) is 5.26 Å². The fourth-order valence-electron chi connectivity index (χ4n) is 2.01. The number of aliphatic hydroxyl groups excluding tert-OH is 1. The Morgan fingerprint density at radius 1 is 1.44 bits per heavy atom. The zero-order valence-corrected chi connectivity index (χ0v) is 8.78. The maximum Gasteiger partial charge on any atom is 0.147 e. The average Bonchev–Trinajstić information content (AvgIpc) is 2.67. The number of benzene rings is 1. The third kappa shape index (κ3) is 2.15. The second-order valence-corrected chi connectivity index (χ2v) is 4.06. The van der Waals surface area contributed by atoms with Crippen LogP contribution in [0.2, 0.25) is 0 Å². The van der Waals surface area contributed by atoms with Crippen molar-refractivity contribution in [3.05, 3.63) is 29.6 Å². The maximum absolute atomic E-state index is 13.5. The van der Waals surface area contributed by atoms with Gasteiger partial charge in [-0.05, 0) is 37.5 Å². The van der Waals surface area contributed by atoms with Gasteiger partial charge in [0.05, 0.1) is 29.5 Å². The van der Waals surface area contributed by atoms with Gasteiger partial charge in [0.1, 0.15) is 5.82 Å². The van der Waals surface area contributed by atoms with E-state index in [9.17, 15) is 9.50 Å². The fourth-order valence-corrected chi connectivity index (χ4v) is 2.01. The van der Waals surface area contributed by atoms with Crippen LogP contribution in [0, 0.1) is 17.1 Å². The Balaban J connectivity index is 2.13. The van der Waals surface area contributed by atoms with E-state index in [1.165, 1.54) is 6.07 Å². The zero-order chi connectivity index (χ0) is 11.5. The Bertz CT molecular complexity index is 428. The molecule has 1 aliphatic rings. The minimum Gasteiger partial charge on any atom is -0.391 e. The molecule has 0 heterocycles. The molecule has 0 amide bonds. The number of aliphatic hydroxyl groups is 1. The molecule has 0 aliphatic heterocycles. The van der Waals surface area contributed by atoms with Gasteiger partial charge in [0.25, 0.3) is 0 Å². The molecule has 16 heavy (non-hydrogen) atoms. The first kappa shape index (κ1) is 10.9. The predicted octanol–water partition coefficient (Wildman–Crippen LogP) is 2.02. The molecule has 2 rings (SSSR count). The van der Waals surface area contributed by atoms with Gasteiger partial charge in [-0.1, -0.05) is 0 Å². The van der Waals surface area contributed by atoms with Crippen LogP contribution in [0.25, 0.3) is 0 Å². The number of nitrogens with zero attached hydrogens (tertiary/aromatic N) is 1. The summed E-state index contributed by atoms with van der Waals surface area (Å²) in [6.45, 7) is 0. The van der Waals surface area contributed by atoms with Crippen LogP contribution in [0.1, 0.15) is 24.8 Å². The Labute approximate surface area is 93.5 Å². The number of hydrogen-bond acceptors (Lipinski definition) is 3. The van der Waals surface area contributed by atoms with Crippen molar-refractivity contribution in [2.24, 2.45) is 0 Å². The molecule has 84 valence electrons. The number of rotatable bonds is 2. The van der Waals surface area contributed by atoms with Crippen LogP contribution >= 0.6 is 0 Å². The molecule has 4 heteroatoms. The topological polar surface area (TPSA) is 56.0 Å². The van der Waals surface area contributed by atoms with Crippen molar-refractivity contribution >= 4 is 5.69 Å². The Morgan fingerprint density at radius 2 is 2.25 bits per heavy atom. The molecular formula is C12H13FN2O. The highest BCUT2D eigenvalue weighted by molar-refractivity contribution is 5.49. The van der Waals surface area contributed by atoms with E-state index in [1.54, 1.807) is 12.1 Å². The van der Waals surface area contributed by atoms with Gasteiger partial charge in [0.2, 0.25) is 0 Å². The summed E-state index contributed by atoms with van der Waals surface area (Å²) in [5, 5.41) is 21.2. The molecule has 1 saturated carbocycles. The summed E-state index contributed by atoms with van der Waals surface area (Å²) in [4.78, 5) is 0. The minimum absolute atomic E-state index is 0.0811. The van der Waals surface area contributed by atoms with Crippen molar-refractivity contribution in [3.8, 4) is 6.07 Å². The van der Waals surface area contributed by atoms with Crippen LogP contribution in [-0.2, 0) is 0 Å². The number of nitriles is 1. The SMILES string of the molecule is N#Cc1ccc(N[C@@H]2CCC[C@H]2O)c(F)c1. The molecule has 0 unspecified atom stereocenters. The summed E-state index contributed by atoms with van der Waals surface area (Å²) < 4.78 is 13.5. The van der Waals surface area contributed by atoms with Crippen LogP contribution in [0.3, 0.4) is 0 Å². The number of hydrogen-bond donors (Lipinski definition) is 2. The van der Waals surface area contributed by atoms with E-state index in [0.717, 1.165) is 19.3 Å². The highest BCUT2D eigenvalue weighted by Gasteiger charge is 2.25. The predicted molar refractivity (Wildman–Crippen MR) is 58.4 cm³/mol. The number of anilines is 1. The van der Waals surface area contributed by atoms with Gasteiger partial charge in [0, 0.05) is 0 Å². The van der Waals surface area contributed by atoms with Gasteiger partial charge in [-0.25, -0.2) is 4.39 Å². The maximum atomic E-state index is 13.5. The summed E-state index contributed by atoms with van der Waals surface area (Å²) in [7, 11) is 0. The molecule has 0 spiro atoms. The second-order valence-electron chi connectivity index (χ2n) is 4.06. The van der Waals surface area contributed by atoms with E-state index < -0.39 is 11.9 Å². The second kappa shape index (κ2) is 4.50. The lowest BCUT2D eigenvalue weighted by Gasteiger charge is -2.18. The van der Waals surface area contributed by atoms with E-state index >= 15 is 0 Å². The molecule has 3 nitrogen and oxygen atoms in total. The average molecular weight is 220 g/mol. The van der Waals surface area contributed by atoms with Crippen LogP contribution < -0.4 is 5.32 Å². The lowest BCUT2D eigenvalue weighted by atomic mass is 10.1. The first-order valence-electron chi connectivity index (χ1n) is 5.35. The summed E-state index contributed by atoms with van der Waals surface area (Å²) in [5.41, 5.74) is 0.653. The third-order valence-corrected chi connectivity index (χ3v) is 2.92. The molecule has 0 radical (unpaired) electrons. The monoisotopic (exact) mass is 220 g/mol. The summed E-state index contributed by atoms with van der Waals surface area (Å²) in [5.74, 6) is -0.446. The van der Waals surface area contributed by atoms with Gasteiger partial charge in [0.15, 0.2) is 0 Å². The summed E-state index contributed by atoms with van der Waals surface area (Å²) in [6, 6.07) is 6.10. The van der Waals surface area contributed by atoms with Gasteiger partial charge in [-0.2, -0.15) is 5.26 Å². The van der Waals surface area contributed by atoms with Crippen molar-refractivity contribution in [1.82, 2.24) is 0 Å². The molecule has 1 aromatic rings. The number of nitrogens with one attached hydrogen (secondary N) is 1. The van der Waals surface area contributed by atoms with Crippen LogP contribution in [-0.4, -0.2) is 17.3 Å². The Hall–Kier alpha value is -1.60. The molecule has 2 N–H and O–H groups in total. The van der Waals surface area contributed by atoms with E-state index in [-0.39, 0.29) is 6.04 Å². The first-order valence-corrected chi connectivity index (χ1v) is 5.35. The smallest absolute Gasteiger partial charge is 0.147 e. The van der Waals surface area contributed by atoms with Crippen LogP contribution in [0.4, 0.5) is 10.1 Å². The largest absolute Gasteiger partial charge is 0.391 e. The fraction of sp³-hybridized carbons (Fsp3) is 0.417. The van der Waals surface area contributed by atoms with Gasteiger partial charge >= 0.3 is 0 Å². The standard InChI is InChI=1S/C12H13FN2O/c13-9-6-8(7-14)4-5-10(9)15-11-2-1-3-12(11)16/h4-6,11-12,15-16H,1-3H2/t11-,12-/m1/s1. The van der Waals surface area contributed by atoms with E-state index in [1.807, 2.05) is 6.07 Å². The van der Waals surface area contributed by atoms with Gasteiger partial charge in [-0.3, -0.25) is 0 Å². The van der Waals surface area contributed by atoms with E-state index in [2.05, 4.69) is 5.32 Å². The third-order valence-electron chi connectivity index (χ3n) is 2.92. The van der Waals surface area contributed by atoms with Crippen LogP contribution in [0.15, 0.2) is 18.2 Å². The van der Waals surface area contributed by atoms with Gasteiger partial charge < -0.3 is 10.4 Å². The molecule has 1 aliphatic carbocycles. The van der Waals surface area contributed by atoms with Crippen molar-refractivity contribution in [2.45, 2.75) is 31.4 Å². The highest BCUT2D eigenvalue weighted by Crippen LogP contribution is 2.24. The quantitative estimate of drug-likeness (QED) is 0.801. The zero-order valence-electron chi connectivity index (χ0n) is 8.78. The lowest BCUT2D eigenvalue weighted by Crippen LogP contribution is -2.28. The molecule has 0 aromatic heterocycles. The lowest BCUT2D eigenvalue weighted by molar-refractivity contribution is 0.171. The molecular weight excluding hydrogens is 207 g/mol. The molecule has 1 aromatic carbocycles. The van der Waals surface area contributed by atoms with E-state index in [0.29, 0.717) is 11.3 Å².